The molecule has 0 saturated heterocycles. The van der Waals surface area contributed by atoms with E-state index >= 15 is 0 Å². The Morgan fingerprint density at radius 2 is 1.96 bits per heavy atom. The van der Waals surface area contributed by atoms with Crippen LogP contribution in [0.3, 0.4) is 0 Å². The molecule has 7 nitrogen and oxygen atoms in total. The van der Waals surface area contributed by atoms with Crippen molar-refractivity contribution < 1.29 is 18.3 Å². The lowest BCUT2D eigenvalue weighted by Crippen LogP contribution is -2.18. The highest BCUT2D eigenvalue weighted by molar-refractivity contribution is 7.92. The molecule has 0 radical (unpaired) electrons. The molecule has 0 saturated carbocycles. The lowest BCUT2D eigenvalue weighted by molar-refractivity contribution is 0.0697. The van der Waals surface area contributed by atoms with Gasteiger partial charge in [-0.2, -0.15) is 0 Å². The summed E-state index contributed by atoms with van der Waals surface area (Å²) < 4.78 is 27.0. The summed E-state index contributed by atoms with van der Waals surface area (Å²) in [7, 11) is -0.666. The fourth-order valence-corrected chi connectivity index (χ4v) is 3.45. The molecule has 2 rings (SSSR count). The maximum Gasteiger partial charge on any atom is 0.339 e. The van der Waals surface area contributed by atoms with Crippen molar-refractivity contribution in [3.05, 3.63) is 47.1 Å². The molecule has 0 atom stereocenters. The fourth-order valence-electron chi connectivity index (χ4n) is 1.90. The number of benzene rings is 1. The molecular weight excluding hydrogens is 342 g/mol. The normalized spacial score (nSPS) is 11.1. The average Bonchev–Trinajstić information content (AvgIpc) is 2.46. The summed E-state index contributed by atoms with van der Waals surface area (Å²) in [4.78, 5) is 16.7. The van der Waals surface area contributed by atoms with Crippen LogP contribution in [0.15, 0.2) is 41.4 Å². The number of hydrogen-bond donors (Lipinski definition) is 2. The second-order valence-electron chi connectivity index (χ2n) is 4.83. The van der Waals surface area contributed by atoms with Gasteiger partial charge in [-0.15, -0.1) is 0 Å². The van der Waals surface area contributed by atoms with Gasteiger partial charge in [0, 0.05) is 14.1 Å². The number of rotatable bonds is 5. The van der Waals surface area contributed by atoms with Crippen molar-refractivity contribution in [1.82, 2.24) is 4.98 Å². The van der Waals surface area contributed by atoms with Crippen LogP contribution in [0.25, 0.3) is 0 Å². The second kappa shape index (κ2) is 6.43. The molecule has 2 N–H and O–H groups in total. The van der Waals surface area contributed by atoms with Gasteiger partial charge in [0.1, 0.15) is 16.3 Å². The highest BCUT2D eigenvalue weighted by Gasteiger charge is 2.20. The van der Waals surface area contributed by atoms with Crippen LogP contribution in [0.5, 0.6) is 0 Å². The smallest absolute Gasteiger partial charge is 0.339 e. The molecule has 9 heteroatoms. The third-order valence-corrected chi connectivity index (χ3v) is 4.78. The minimum atomic E-state index is -3.95. The minimum absolute atomic E-state index is 0.0351. The summed E-state index contributed by atoms with van der Waals surface area (Å²) in [5.74, 6) is -0.988. The zero-order valence-corrected chi connectivity index (χ0v) is 13.9. The molecule has 23 heavy (non-hydrogen) atoms. The van der Waals surface area contributed by atoms with Crippen LogP contribution in [0.1, 0.15) is 10.4 Å². The zero-order valence-electron chi connectivity index (χ0n) is 12.3. The number of carbonyl (C=O) groups is 1. The summed E-state index contributed by atoms with van der Waals surface area (Å²) in [6, 6.07) is 7.16. The minimum Gasteiger partial charge on any atom is -0.478 e. The first kappa shape index (κ1) is 17.0. The predicted octanol–water partition coefficient (Wildman–Crippen LogP) is 2.30. The molecule has 1 aromatic carbocycles. The molecule has 0 fully saturated rings. The SMILES string of the molecule is CN(C)c1ncc(NS(=O)(=O)c2ccccc2Cl)cc1C(=O)O. The van der Waals surface area contributed by atoms with E-state index in [2.05, 4.69) is 9.71 Å². The first-order valence-electron chi connectivity index (χ1n) is 6.40. The van der Waals surface area contributed by atoms with Crippen LogP contribution in [0.2, 0.25) is 5.02 Å². The average molecular weight is 356 g/mol. The Balaban J connectivity index is 2.43. The summed E-state index contributed by atoms with van der Waals surface area (Å²) in [5, 5.41) is 9.30. The number of aromatic carboxylic acids is 1. The van der Waals surface area contributed by atoms with Crippen LogP contribution in [-0.4, -0.2) is 38.6 Å². The lowest BCUT2D eigenvalue weighted by Gasteiger charge is -2.15. The van der Waals surface area contributed by atoms with Crippen molar-refractivity contribution in [3.8, 4) is 0 Å². The van der Waals surface area contributed by atoms with Gasteiger partial charge in [0.25, 0.3) is 10.0 Å². The number of nitrogens with one attached hydrogen (secondary N) is 1. The van der Waals surface area contributed by atoms with Crippen molar-refractivity contribution in [3.63, 3.8) is 0 Å². The Kier molecular flexibility index (Phi) is 4.76. The summed E-state index contributed by atoms with van der Waals surface area (Å²) >= 11 is 5.89. The van der Waals surface area contributed by atoms with Crippen LogP contribution in [-0.2, 0) is 10.0 Å². The zero-order chi connectivity index (χ0) is 17.2. The maximum absolute atomic E-state index is 12.3. The van der Waals surface area contributed by atoms with E-state index in [4.69, 9.17) is 11.6 Å². The standard InChI is InChI=1S/C14H14ClN3O4S/c1-18(2)13-10(14(19)20)7-9(8-16-13)17-23(21,22)12-6-4-3-5-11(12)15/h3-8,17H,1-2H3,(H,19,20). The third kappa shape index (κ3) is 3.72. The van der Waals surface area contributed by atoms with E-state index in [9.17, 15) is 18.3 Å². The van der Waals surface area contributed by atoms with Gasteiger partial charge in [-0.25, -0.2) is 18.2 Å². The first-order valence-corrected chi connectivity index (χ1v) is 8.26. The maximum atomic E-state index is 12.3. The Labute approximate surface area is 138 Å². The Morgan fingerprint density at radius 3 is 2.52 bits per heavy atom. The molecule has 0 bridgehead atoms. The molecule has 0 aliphatic heterocycles. The molecule has 1 aromatic heterocycles. The molecule has 2 aromatic rings. The topological polar surface area (TPSA) is 99.6 Å². The fraction of sp³-hybridized carbons (Fsp3) is 0.143. The lowest BCUT2D eigenvalue weighted by atomic mass is 10.2. The van der Waals surface area contributed by atoms with Gasteiger partial charge in [-0.05, 0) is 18.2 Å². The van der Waals surface area contributed by atoms with E-state index < -0.39 is 16.0 Å². The monoisotopic (exact) mass is 355 g/mol. The molecule has 1 heterocycles. The quantitative estimate of drug-likeness (QED) is 0.853. The summed E-state index contributed by atoms with van der Waals surface area (Å²) in [6.07, 6.45) is 1.25. The van der Waals surface area contributed by atoms with E-state index in [1.54, 1.807) is 20.2 Å². The molecule has 0 amide bonds. The van der Waals surface area contributed by atoms with Crippen molar-refractivity contribution >= 4 is 39.1 Å². The van der Waals surface area contributed by atoms with E-state index in [0.717, 1.165) is 0 Å². The molecular formula is C14H14ClN3O4S. The Hall–Kier alpha value is -2.32. The Morgan fingerprint density at radius 1 is 1.30 bits per heavy atom. The van der Waals surface area contributed by atoms with Gasteiger partial charge in [0.15, 0.2) is 0 Å². The second-order valence-corrected chi connectivity index (χ2v) is 6.89. The van der Waals surface area contributed by atoms with Gasteiger partial charge in [-0.3, -0.25) is 4.72 Å². The van der Waals surface area contributed by atoms with Crippen LogP contribution in [0, 0.1) is 0 Å². The van der Waals surface area contributed by atoms with Crippen LogP contribution < -0.4 is 9.62 Å². The van der Waals surface area contributed by atoms with Crippen LogP contribution >= 0.6 is 11.6 Å². The predicted molar refractivity (Wildman–Crippen MR) is 87.8 cm³/mol. The number of nitrogens with zero attached hydrogens (tertiary/aromatic N) is 2. The van der Waals surface area contributed by atoms with Crippen molar-refractivity contribution in [1.29, 1.82) is 0 Å². The number of sulfonamides is 1. The van der Waals surface area contributed by atoms with Crippen molar-refractivity contribution in [2.75, 3.05) is 23.7 Å². The Bertz CT molecular complexity index is 853. The van der Waals surface area contributed by atoms with Gasteiger partial charge in [0.05, 0.1) is 16.9 Å². The van der Waals surface area contributed by atoms with Gasteiger partial charge in [-0.1, -0.05) is 23.7 Å². The molecule has 0 spiro atoms. The summed E-state index contributed by atoms with van der Waals surface area (Å²) in [5.41, 5.74) is -0.0812. The number of halogens is 1. The molecule has 0 unspecified atom stereocenters. The number of carboxylic acid groups (broad SMARTS) is 1. The van der Waals surface area contributed by atoms with Crippen LogP contribution in [0.4, 0.5) is 11.5 Å². The van der Waals surface area contributed by atoms with Gasteiger partial charge in [0.2, 0.25) is 0 Å². The van der Waals surface area contributed by atoms with Gasteiger partial charge >= 0.3 is 5.97 Å². The largest absolute Gasteiger partial charge is 0.478 e. The highest BCUT2D eigenvalue weighted by atomic mass is 35.5. The third-order valence-electron chi connectivity index (χ3n) is 2.90. The molecule has 0 aliphatic carbocycles. The molecule has 0 aliphatic rings. The van der Waals surface area contributed by atoms with Gasteiger partial charge < -0.3 is 10.0 Å². The van der Waals surface area contributed by atoms with E-state index in [-0.39, 0.29) is 27.0 Å². The highest BCUT2D eigenvalue weighted by Crippen LogP contribution is 2.25. The molecule has 122 valence electrons. The number of anilines is 2. The summed E-state index contributed by atoms with van der Waals surface area (Å²) in [6.45, 7) is 0. The number of carboxylic acids is 1. The van der Waals surface area contributed by atoms with E-state index in [1.807, 2.05) is 0 Å². The number of hydrogen-bond acceptors (Lipinski definition) is 5. The first-order chi connectivity index (χ1) is 10.7. The number of pyridine rings is 1. The van der Waals surface area contributed by atoms with E-state index in [1.165, 1.54) is 35.4 Å². The van der Waals surface area contributed by atoms with E-state index in [0.29, 0.717) is 0 Å². The van der Waals surface area contributed by atoms with Crippen molar-refractivity contribution in [2.24, 2.45) is 0 Å². The number of aromatic nitrogens is 1. The van der Waals surface area contributed by atoms with Crippen molar-refractivity contribution in [2.45, 2.75) is 4.90 Å².